The molecule has 0 bridgehead atoms. The molecular formula is C20H16F2N6O2. The van der Waals surface area contributed by atoms with Crippen LogP contribution in [0.5, 0.6) is 0 Å². The number of hydrogen-bond acceptors (Lipinski definition) is 5. The summed E-state index contributed by atoms with van der Waals surface area (Å²) < 4.78 is 28.5. The Morgan fingerprint density at radius 3 is 2.83 bits per heavy atom. The molecular weight excluding hydrogens is 394 g/mol. The number of rotatable bonds is 4. The van der Waals surface area contributed by atoms with Crippen molar-refractivity contribution in [1.82, 2.24) is 24.6 Å². The molecule has 8 nitrogen and oxygen atoms in total. The lowest BCUT2D eigenvalue weighted by Gasteiger charge is -2.09. The van der Waals surface area contributed by atoms with Gasteiger partial charge in [0.15, 0.2) is 11.5 Å². The van der Waals surface area contributed by atoms with Crippen LogP contribution in [0, 0.1) is 5.92 Å². The van der Waals surface area contributed by atoms with Crippen LogP contribution in [0.25, 0.3) is 27.8 Å². The summed E-state index contributed by atoms with van der Waals surface area (Å²) in [5, 5.41) is 7.86. The number of amides is 1. The molecule has 1 saturated carbocycles. The third-order valence-electron chi connectivity index (χ3n) is 5.06. The summed E-state index contributed by atoms with van der Waals surface area (Å²) in [6.07, 6.45) is 5.78. The molecule has 0 radical (unpaired) electrons. The minimum absolute atomic E-state index is 0.00661. The number of nitrogens with zero attached hydrogens (tertiary/aromatic N) is 4. The Morgan fingerprint density at radius 2 is 2.10 bits per heavy atom. The fourth-order valence-corrected chi connectivity index (χ4v) is 3.24. The molecule has 1 aliphatic rings. The number of H-pyrrole nitrogens is 1. The van der Waals surface area contributed by atoms with Gasteiger partial charge in [-0.2, -0.15) is 0 Å². The van der Waals surface area contributed by atoms with Gasteiger partial charge in [0, 0.05) is 47.9 Å². The summed E-state index contributed by atoms with van der Waals surface area (Å²) in [6.45, 7) is 0.811. The molecule has 4 heterocycles. The van der Waals surface area contributed by atoms with Gasteiger partial charge in [0.2, 0.25) is 5.91 Å². The zero-order valence-corrected chi connectivity index (χ0v) is 15.8. The fraction of sp³-hybridized carbons (Fsp3) is 0.250. The monoisotopic (exact) mass is 410 g/mol. The van der Waals surface area contributed by atoms with E-state index in [2.05, 4.69) is 25.4 Å². The van der Waals surface area contributed by atoms with E-state index in [0.29, 0.717) is 27.8 Å². The highest BCUT2D eigenvalue weighted by molar-refractivity contribution is 5.98. The van der Waals surface area contributed by atoms with Gasteiger partial charge in [-0.15, -0.1) is 5.10 Å². The first-order valence-electron chi connectivity index (χ1n) is 9.37. The average Bonchev–Trinajstić information content (AvgIpc) is 3.46. The first-order chi connectivity index (χ1) is 14.3. The fourth-order valence-electron chi connectivity index (χ4n) is 3.24. The van der Waals surface area contributed by atoms with Crippen LogP contribution < -0.4 is 10.9 Å². The minimum Gasteiger partial charge on any atom is -0.328 e. The maximum atomic E-state index is 13.6. The lowest BCUT2D eigenvalue weighted by Crippen LogP contribution is -2.15. The molecule has 1 aliphatic carbocycles. The predicted molar refractivity (Wildman–Crippen MR) is 105 cm³/mol. The minimum atomic E-state index is -3.01. The number of pyridine rings is 3. The zero-order chi connectivity index (χ0) is 21.0. The highest BCUT2D eigenvalue weighted by Gasteiger charge is 2.30. The van der Waals surface area contributed by atoms with Crippen molar-refractivity contribution in [3.8, 4) is 11.4 Å². The largest absolute Gasteiger partial charge is 0.328 e. The van der Waals surface area contributed by atoms with Crippen molar-refractivity contribution in [2.75, 3.05) is 5.32 Å². The van der Waals surface area contributed by atoms with Crippen molar-refractivity contribution in [3.05, 3.63) is 52.7 Å². The van der Waals surface area contributed by atoms with Gasteiger partial charge in [0.25, 0.3) is 11.5 Å². The van der Waals surface area contributed by atoms with Crippen molar-refractivity contribution in [2.45, 2.75) is 25.7 Å². The van der Waals surface area contributed by atoms with E-state index >= 15 is 0 Å². The highest BCUT2D eigenvalue weighted by atomic mass is 19.3. The van der Waals surface area contributed by atoms with Gasteiger partial charge in [-0.05, 0) is 31.0 Å². The molecule has 1 amide bonds. The Labute approximate surface area is 168 Å². The van der Waals surface area contributed by atoms with Crippen molar-refractivity contribution in [2.24, 2.45) is 5.92 Å². The first-order valence-corrected chi connectivity index (χ1v) is 9.37. The molecule has 0 spiro atoms. The van der Waals surface area contributed by atoms with Crippen LogP contribution >= 0.6 is 0 Å². The molecule has 30 heavy (non-hydrogen) atoms. The van der Waals surface area contributed by atoms with E-state index in [4.69, 9.17) is 0 Å². The Balaban J connectivity index is 1.63. The molecule has 5 rings (SSSR count). The second-order valence-corrected chi connectivity index (χ2v) is 7.45. The first kappa shape index (κ1) is 18.3. The van der Waals surface area contributed by atoms with Gasteiger partial charge < -0.3 is 10.3 Å². The maximum absolute atomic E-state index is 13.6. The normalized spacial score (nSPS) is 14.4. The summed E-state index contributed by atoms with van der Waals surface area (Å²) in [4.78, 5) is 35.4. The molecule has 10 heteroatoms. The summed E-state index contributed by atoms with van der Waals surface area (Å²) >= 11 is 0. The number of nitrogens with one attached hydrogen (secondary N) is 2. The maximum Gasteiger partial charge on any atom is 0.272 e. The van der Waals surface area contributed by atoms with Gasteiger partial charge in [0.05, 0.1) is 5.39 Å². The molecule has 4 aromatic heterocycles. The van der Waals surface area contributed by atoms with E-state index in [1.165, 1.54) is 35.2 Å². The Bertz CT molecular complexity index is 1370. The van der Waals surface area contributed by atoms with E-state index in [1.54, 1.807) is 6.07 Å². The molecule has 4 aromatic rings. The Morgan fingerprint density at radius 1 is 1.30 bits per heavy atom. The molecule has 2 N–H and O–H groups in total. The van der Waals surface area contributed by atoms with Crippen LogP contribution in [0.3, 0.4) is 0 Å². The van der Waals surface area contributed by atoms with Crippen LogP contribution in [0.15, 0.2) is 41.6 Å². The molecule has 152 valence electrons. The molecule has 0 unspecified atom stereocenters. The second kappa shape index (κ2) is 6.41. The average molecular weight is 410 g/mol. The topological polar surface area (TPSA) is 105 Å². The smallest absolute Gasteiger partial charge is 0.272 e. The third kappa shape index (κ3) is 3.19. The van der Waals surface area contributed by atoms with Crippen LogP contribution in [-0.4, -0.2) is 30.5 Å². The van der Waals surface area contributed by atoms with E-state index in [9.17, 15) is 18.4 Å². The third-order valence-corrected chi connectivity index (χ3v) is 5.06. The lowest BCUT2D eigenvalue weighted by atomic mass is 10.1. The quantitative estimate of drug-likeness (QED) is 0.538. The van der Waals surface area contributed by atoms with Gasteiger partial charge in [0.1, 0.15) is 5.82 Å². The number of aromatic nitrogens is 5. The highest BCUT2D eigenvalue weighted by Crippen LogP contribution is 2.31. The summed E-state index contributed by atoms with van der Waals surface area (Å²) in [5.41, 5.74) is 0.334. The molecule has 0 aromatic carbocycles. The van der Waals surface area contributed by atoms with Crippen LogP contribution in [0.4, 0.5) is 14.6 Å². The van der Waals surface area contributed by atoms with Crippen molar-refractivity contribution >= 4 is 28.1 Å². The SMILES string of the molecule is CC(F)(F)c1ccc2nc(-c3c[nH]c(=O)c4cnc(NC(=O)C5CC5)cc34)nn2c1. The molecule has 0 aliphatic heterocycles. The van der Waals surface area contributed by atoms with Crippen molar-refractivity contribution in [3.63, 3.8) is 0 Å². The van der Waals surface area contributed by atoms with E-state index < -0.39 is 5.92 Å². The van der Waals surface area contributed by atoms with Gasteiger partial charge in [-0.1, -0.05) is 0 Å². The van der Waals surface area contributed by atoms with Crippen molar-refractivity contribution in [1.29, 1.82) is 0 Å². The van der Waals surface area contributed by atoms with Gasteiger partial charge in [-0.3, -0.25) is 9.59 Å². The van der Waals surface area contributed by atoms with Crippen LogP contribution in [-0.2, 0) is 10.7 Å². The molecule has 1 fully saturated rings. The van der Waals surface area contributed by atoms with Crippen molar-refractivity contribution < 1.29 is 13.6 Å². The number of fused-ring (bicyclic) bond motifs is 2. The summed E-state index contributed by atoms with van der Waals surface area (Å²) in [5.74, 6) is -2.54. The second-order valence-electron chi connectivity index (χ2n) is 7.45. The number of carbonyl (C=O) groups excluding carboxylic acids is 1. The number of halogens is 2. The predicted octanol–water partition coefficient (Wildman–Crippen LogP) is 3.09. The Kier molecular flexibility index (Phi) is 3.92. The van der Waals surface area contributed by atoms with Crippen LogP contribution in [0.1, 0.15) is 25.3 Å². The number of carbonyl (C=O) groups is 1. The molecule has 0 atom stereocenters. The number of aromatic amines is 1. The Hall–Kier alpha value is -3.69. The summed E-state index contributed by atoms with van der Waals surface area (Å²) in [7, 11) is 0. The van der Waals surface area contributed by atoms with Crippen LogP contribution in [0.2, 0.25) is 0 Å². The van der Waals surface area contributed by atoms with E-state index in [-0.39, 0.29) is 28.8 Å². The van der Waals surface area contributed by atoms with E-state index in [1.807, 2.05) is 0 Å². The summed E-state index contributed by atoms with van der Waals surface area (Å²) in [6, 6.07) is 4.35. The molecule has 0 saturated heterocycles. The van der Waals surface area contributed by atoms with Gasteiger partial charge in [-0.25, -0.2) is 23.3 Å². The number of hydrogen-bond donors (Lipinski definition) is 2. The zero-order valence-electron chi connectivity index (χ0n) is 15.8. The number of anilines is 1. The standard InChI is InChI=1S/C20H16F2N6O2/c1-20(21,22)11-4-5-16-26-17(27-28(16)9-11)13-7-24-19(30)14-8-23-15(6-12(13)14)25-18(29)10-2-3-10/h4-10H,2-3H2,1H3,(H,24,30)(H,23,25,29). The van der Waals surface area contributed by atoms with E-state index in [0.717, 1.165) is 19.8 Å². The lowest BCUT2D eigenvalue weighted by molar-refractivity contribution is -0.117. The number of alkyl halides is 2. The van der Waals surface area contributed by atoms with Gasteiger partial charge >= 0.3 is 0 Å².